The molecule has 0 radical (unpaired) electrons. The maximum atomic E-state index is 12.2. The Hall–Kier alpha value is -1.45. The van der Waals surface area contributed by atoms with Crippen molar-refractivity contribution >= 4 is 6.08 Å². The molecule has 2 rings (SSSR count). The minimum atomic E-state index is -4.64. The Bertz CT molecular complexity index is 508. The summed E-state index contributed by atoms with van der Waals surface area (Å²) in [6.07, 6.45) is 3.02. The number of allylic oxidation sites excluding steroid dienone is 1. The summed E-state index contributed by atoms with van der Waals surface area (Å²) in [5.41, 5.74) is 2.09. The fourth-order valence-corrected chi connectivity index (χ4v) is 2.86. The van der Waals surface area contributed by atoms with Gasteiger partial charge in [0.1, 0.15) is 5.75 Å². The third-order valence-corrected chi connectivity index (χ3v) is 4.08. The Balaban J connectivity index is 0.000000891. The number of benzene rings is 1. The molecular weight excluding hydrogens is 313 g/mol. The van der Waals surface area contributed by atoms with Crippen molar-refractivity contribution in [1.29, 1.82) is 0 Å². The first-order valence-corrected chi connectivity index (χ1v) is 8.80. The normalized spacial score (nSPS) is 18.0. The third-order valence-electron chi connectivity index (χ3n) is 4.08. The smallest absolute Gasteiger partial charge is 0.406 e. The van der Waals surface area contributed by atoms with Crippen molar-refractivity contribution in [1.82, 2.24) is 0 Å². The molecule has 0 bridgehead atoms. The molecule has 1 aliphatic rings. The lowest BCUT2D eigenvalue weighted by Crippen LogP contribution is -2.17. The van der Waals surface area contributed by atoms with Crippen molar-refractivity contribution in [2.75, 3.05) is 0 Å². The molecule has 1 aliphatic carbocycles. The van der Waals surface area contributed by atoms with Crippen molar-refractivity contribution in [3.63, 3.8) is 0 Å². The molecule has 4 heteroatoms. The highest BCUT2D eigenvalue weighted by Crippen LogP contribution is 2.34. The van der Waals surface area contributed by atoms with Crippen LogP contribution in [0.2, 0.25) is 0 Å². The van der Waals surface area contributed by atoms with Crippen LogP contribution in [0.15, 0.2) is 29.8 Å². The molecule has 0 unspecified atom stereocenters. The second-order valence-electron chi connectivity index (χ2n) is 6.71. The fraction of sp³-hybridized carbons (Fsp3) is 0.600. The number of hydrogen-bond acceptors (Lipinski definition) is 1. The molecule has 1 aromatic carbocycles. The van der Waals surface area contributed by atoms with E-state index in [4.69, 9.17) is 0 Å². The van der Waals surface area contributed by atoms with E-state index in [1.807, 2.05) is 12.1 Å². The lowest BCUT2D eigenvalue weighted by atomic mass is 9.79. The van der Waals surface area contributed by atoms with Crippen LogP contribution in [-0.2, 0) is 0 Å². The van der Waals surface area contributed by atoms with Crippen LogP contribution in [0.1, 0.15) is 65.4 Å². The summed E-state index contributed by atoms with van der Waals surface area (Å²) in [5, 5.41) is 0. The summed E-state index contributed by atoms with van der Waals surface area (Å²) in [4.78, 5) is 0. The molecule has 1 saturated carbocycles. The van der Waals surface area contributed by atoms with Crippen molar-refractivity contribution < 1.29 is 17.9 Å². The summed E-state index contributed by atoms with van der Waals surface area (Å²) < 4.78 is 40.6. The molecule has 0 amide bonds. The van der Waals surface area contributed by atoms with E-state index in [-0.39, 0.29) is 5.75 Å². The summed E-state index contributed by atoms with van der Waals surface area (Å²) in [7, 11) is 0. The number of hydrogen-bond donors (Lipinski definition) is 0. The molecule has 1 fully saturated rings. The maximum Gasteiger partial charge on any atom is 0.573 e. The lowest BCUT2D eigenvalue weighted by molar-refractivity contribution is -0.274. The van der Waals surface area contributed by atoms with Gasteiger partial charge in [-0.3, -0.25) is 0 Å². The molecule has 0 spiro atoms. The quantitative estimate of drug-likeness (QED) is 0.563. The summed E-state index contributed by atoms with van der Waals surface area (Å²) >= 11 is 0. The van der Waals surface area contributed by atoms with Gasteiger partial charge in [0, 0.05) is 0 Å². The van der Waals surface area contributed by atoms with E-state index >= 15 is 0 Å². The first-order valence-electron chi connectivity index (χ1n) is 8.80. The number of ether oxygens (including phenoxy) is 1. The Morgan fingerprint density at radius 2 is 1.75 bits per heavy atom. The van der Waals surface area contributed by atoms with Gasteiger partial charge in [-0.05, 0) is 55.2 Å². The molecule has 0 atom stereocenters. The minimum Gasteiger partial charge on any atom is -0.406 e. The van der Waals surface area contributed by atoms with Gasteiger partial charge in [0.25, 0.3) is 0 Å². The predicted molar refractivity (Wildman–Crippen MR) is 93.9 cm³/mol. The van der Waals surface area contributed by atoms with Gasteiger partial charge in [-0.25, -0.2) is 0 Å². The Kier molecular flexibility index (Phi) is 8.37. The summed E-state index contributed by atoms with van der Waals surface area (Å²) in [5.74, 6) is 1.31. The van der Waals surface area contributed by atoms with Crippen LogP contribution >= 0.6 is 0 Å². The Morgan fingerprint density at radius 3 is 2.25 bits per heavy atom. The fourth-order valence-electron chi connectivity index (χ4n) is 2.86. The molecule has 0 heterocycles. The molecule has 24 heavy (non-hydrogen) atoms. The molecule has 136 valence electrons. The highest BCUT2D eigenvalue weighted by atomic mass is 19.4. The second-order valence-corrected chi connectivity index (χ2v) is 6.71. The number of halogens is 3. The van der Waals surface area contributed by atoms with Crippen LogP contribution in [0.25, 0.3) is 6.08 Å². The monoisotopic (exact) mass is 342 g/mol. The van der Waals surface area contributed by atoms with Gasteiger partial charge in [-0.2, -0.15) is 0 Å². The van der Waals surface area contributed by atoms with Gasteiger partial charge in [0.15, 0.2) is 0 Å². The van der Waals surface area contributed by atoms with Crippen LogP contribution in [0.5, 0.6) is 5.75 Å². The standard InChI is InChI=1S/C17H21F3O.C3H8/c1-12(2)15-8-6-13(7-9-15)10-14-4-3-5-16(11-14)21-17(18,19)20;1-3-2/h3-5,10-12,15H,6-9H2,1-2H3;3H2,1-2H3. The number of alkyl halides is 3. The highest BCUT2D eigenvalue weighted by Gasteiger charge is 2.31. The predicted octanol–water partition coefficient (Wildman–Crippen LogP) is 7.23. The molecule has 1 nitrogen and oxygen atoms in total. The first kappa shape index (κ1) is 20.6. The largest absolute Gasteiger partial charge is 0.573 e. The van der Waals surface area contributed by atoms with Crippen molar-refractivity contribution in [2.24, 2.45) is 11.8 Å². The minimum absolute atomic E-state index is 0.160. The lowest BCUT2D eigenvalue weighted by Gasteiger charge is -2.27. The van der Waals surface area contributed by atoms with E-state index in [2.05, 4.69) is 32.4 Å². The zero-order valence-corrected chi connectivity index (χ0v) is 15.1. The SMILES string of the molecule is CC(C)C1CCC(=Cc2cccc(OC(F)(F)F)c2)CC1.CCC. The van der Waals surface area contributed by atoms with Crippen LogP contribution in [0, 0.1) is 11.8 Å². The first-order chi connectivity index (χ1) is 11.2. The maximum absolute atomic E-state index is 12.2. The van der Waals surface area contributed by atoms with Crippen LogP contribution in [0.4, 0.5) is 13.2 Å². The van der Waals surface area contributed by atoms with Gasteiger partial charge in [-0.15, -0.1) is 13.2 Å². The number of rotatable bonds is 3. The van der Waals surface area contributed by atoms with Crippen LogP contribution in [0.3, 0.4) is 0 Å². The van der Waals surface area contributed by atoms with Crippen molar-refractivity contribution in [3.05, 3.63) is 35.4 Å². The van der Waals surface area contributed by atoms with E-state index < -0.39 is 6.36 Å². The molecule has 0 N–H and O–H groups in total. The average Bonchev–Trinajstić information content (AvgIpc) is 2.47. The van der Waals surface area contributed by atoms with Crippen molar-refractivity contribution in [3.8, 4) is 5.75 Å². The van der Waals surface area contributed by atoms with Crippen LogP contribution in [-0.4, -0.2) is 6.36 Å². The average molecular weight is 342 g/mol. The molecule has 0 saturated heterocycles. The van der Waals surface area contributed by atoms with Gasteiger partial charge in [0.2, 0.25) is 0 Å². The Morgan fingerprint density at radius 1 is 1.17 bits per heavy atom. The van der Waals surface area contributed by atoms with Gasteiger partial charge < -0.3 is 4.74 Å². The molecule has 0 aromatic heterocycles. The van der Waals surface area contributed by atoms with E-state index in [1.54, 1.807) is 6.07 Å². The van der Waals surface area contributed by atoms with E-state index in [1.165, 1.54) is 37.0 Å². The van der Waals surface area contributed by atoms with E-state index in [0.717, 1.165) is 24.3 Å². The van der Waals surface area contributed by atoms with Crippen LogP contribution < -0.4 is 4.74 Å². The van der Waals surface area contributed by atoms with Gasteiger partial charge in [0.05, 0.1) is 0 Å². The second kappa shape index (κ2) is 9.75. The Labute approximate surface area is 143 Å². The summed E-state index contributed by atoms with van der Waals surface area (Å²) in [6.45, 7) is 8.74. The van der Waals surface area contributed by atoms with Gasteiger partial charge >= 0.3 is 6.36 Å². The zero-order valence-electron chi connectivity index (χ0n) is 15.1. The molecular formula is C20H29F3O. The third kappa shape index (κ3) is 7.89. The molecule has 0 aliphatic heterocycles. The zero-order chi connectivity index (χ0) is 18.2. The topological polar surface area (TPSA) is 9.23 Å². The van der Waals surface area contributed by atoms with E-state index in [9.17, 15) is 13.2 Å². The van der Waals surface area contributed by atoms with Crippen molar-refractivity contribution in [2.45, 2.75) is 66.2 Å². The summed E-state index contributed by atoms with van der Waals surface area (Å²) in [6, 6.07) is 6.16. The molecule has 1 aromatic rings. The highest BCUT2D eigenvalue weighted by molar-refractivity contribution is 5.55. The van der Waals surface area contributed by atoms with Gasteiger partial charge in [-0.1, -0.05) is 57.9 Å². The van der Waals surface area contributed by atoms with E-state index in [0.29, 0.717) is 5.92 Å².